The molecule has 7 nitrogen and oxygen atoms in total. The van der Waals surface area contributed by atoms with Gasteiger partial charge in [0.2, 0.25) is 5.91 Å². The van der Waals surface area contributed by atoms with Crippen LogP contribution in [0.4, 0.5) is 10.5 Å². The topological polar surface area (TPSA) is 105 Å². The van der Waals surface area contributed by atoms with Crippen LogP contribution in [0, 0.1) is 12.8 Å². The summed E-state index contributed by atoms with van der Waals surface area (Å²) in [6.45, 7) is 5.54. The minimum atomic E-state index is -1.09. The van der Waals surface area contributed by atoms with Crippen LogP contribution in [0.3, 0.4) is 0 Å². The van der Waals surface area contributed by atoms with Gasteiger partial charge in [-0.3, -0.25) is 4.79 Å². The van der Waals surface area contributed by atoms with Crippen molar-refractivity contribution >= 4 is 23.7 Å². The van der Waals surface area contributed by atoms with E-state index in [2.05, 4.69) is 22.8 Å². The highest BCUT2D eigenvalue weighted by Crippen LogP contribution is 2.44. The van der Waals surface area contributed by atoms with Gasteiger partial charge in [0.05, 0.1) is 5.56 Å². The van der Waals surface area contributed by atoms with Crippen molar-refractivity contribution in [3.05, 3.63) is 89.0 Å². The number of carbonyl (C=O) groups excluding carboxylic acids is 2. The van der Waals surface area contributed by atoms with Crippen molar-refractivity contribution in [3.63, 3.8) is 0 Å². The average Bonchev–Trinajstić information content (AvgIpc) is 3.16. The van der Waals surface area contributed by atoms with E-state index in [0.717, 1.165) is 22.3 Å². The minimum Gasteiger partial charge on any atom is -0.478 e. The number of carbonyl (C=O) groups is 3. The van der Waals surface area contributed by atoms with Gasteiger partial charge in [-0.15, -0.1) is 0 Å². The third kappa shape index (κ3) is 5.04. The van der Waals surface area contributed by atoms with Crippen molar-refractivity contribution in [1.29, 1.82) is 0 Å². The molecule has 0 saturated heterocycles. The number of aryl methyl sites for hydroxylation is 1. The highest BCUT2D eigenvalue weighted by atomic mass is 16.5. The lowest BCUT2D eigenvalue weighted by atomic mass is 9.98. The first-order valence-corrected chi connectivity index (χ1v) is 11.5. The Morgan fingerprint density at radius 3 is 2.11 bits per heavy atom. The van der Waals surface area contributed by atoms with Crippen LogP contribution in [-0.2, 0) is 9.53 Å². The summed E-state index contributed by atoms with van der Waals surface area (Å²) in [5.41, 5.74) is 5.64. The van der Waals surface area contributed by atoms with Gasteiger partial charge in [0, 0.05) is 11.6 Å². The molecule has 3 aromatic carbocycles. The molecule has 0 aromatic heterocycles. The second kappa shape index (κ2) is 10.0. The van der Waals surface area contributed by atoms with Gasteiger partial charge in [-0.1, -0.05) is 68.4 Å². The number of ether oxygens (including phenoxy) is 1. The number of rotatable bonds is 7. The van der Waals surface area contributed by atoms with E-state index < -0.39 is 24.0 Å². The molecule has 3 aromatic rings. The lowest BCUT2D eigenvalue weighted by molar-refractivity contribution is -0.119. The van der Waals surface area contributed by atoms with Crippen LogP contribution >= 0.6 is 0 Å². The van der Waals surface area contributed by atoms with E-state index in [0.29, 0.717) is 11.3 Å². The van der Waals surface area contributed by atoms with Gasteiger partial charge in [-0.05, 0) is 52.8 Å². The molecule has 1 aliphatic rings. The number of benzene rings is 3. The molecule has 2 amide bonds. The highest BCUT2D eigenvalue weighted by Gasteiger charge is 2.30. The number of carboxylic acid groups (broad SMARTS) is 1. The largest absolute Gasteiger partial charge is 0.478 e. The molecular formula is C28H28N2O5. The Kier molecular flexibility index (Phi) is 6.87. The molecule has 0 bridgehead atoms. The Hall–Kier alpha value is -4.13. The minimum absolute atomic E-state index is 0.0662. The van der Waals surface area contributed by atoms with E-state index >= 15 is 0 Å². The Morgan fingerprint density at radius 2 is 1.54 bits per heavy atom. The first-order chi connectivity index (χ1) is 16.8. The van der Waals surface area contributed by atoms with Gasteiger partial charge in [0.15, 0.2) is 0 Å². The van der Waals surface area contributed by atoms with Crippen LogP contribution in [-0.4, -0.2) is 35.7 Å². The zero-order valence-electron chi connectivity index (χ0n) is 19.9. The highest BCUT2D eigenvalue weighted by molar-refractivity contribution is 5.98. The molecule has 7 heteroatoms. The monoisotopic (exact) mass is 472 g/mol. The van der Waals surface area contributed by atoms with Crippen molar-refractivity contribution in [1.82, 2.24) is 5.32 Å². The Balaban J connectivity index is 1.43. The van der Waals surface area contributed by atoms with Gasteiger partial charge < -0.3 is 20.5 Å². The van der Waals surface area contributed by atoms with E-state index in [-0.39, 0.29) is 24.0 Å². The average molecular weight is 473 g/mol. The molecule has 0 saturated carbocycles. The summed E-state index contributed by atoms with van der Waals surface area (Å²) in [7, 11) is 0. The summed E-state index contributed by atoms with van der Waals surface area (Å²) < 4.78 is 5.59. The van der Waals surface area contributed by atoms with Crippen molar-refractivity contribution in [2.24, 2.45) is 5.92 Å². The summed E-state index contributed by atoms with van der Waals surface area (Å²) in [6.07, 6.45) is -0.684. The van der Waals surface area contributed by atoms with E-state index in [1.54, 1.807) is 13.0 Å². The number of alkyl carbamates (subject to hydrolysis) is 1. The summed E-state index contributed by atoms with van der Waals surface area (Å²) in [5.74, 6) is -1.84. The predicted octanol–water partition coefficient (Wildman–Crippen LogP) is 5.20. The second-order valence-corrected chi connectivity index (χ2v) is 9.02. The Bertz CT molecular complexity index is 1240. The smallest absolute Gasteiger partial charge is 0.407 e. The molecule has 0 unspecified atom stereocenters. The molecule has 35 heavy (non-hydrogen) atoms. The van der Waals surface area contributed by atoms with E-state index in [1.807, 2.05) is 50.2 Å². The number of hydrogen-bond acceptors (Lipinski definition) is 4. The lowest BCUT2D eigenvalue weighted by Crippen LogP contribution is -2.47. The normalized spacial score (nSPS) is 13.0. The van der Waals surface area contributed by atoms with Crippen molar-refractivity contribution in [3.8, 4) is 11.1 Å². The van der Waals surface area contributed by atoms with Crippen molar-refractivity contribution in [2.75, 3.05) is 11.9 Å². The molecule has 4 rings (SSSR count). The van der Waals surface area contributed by atoms with Gasteiger partial charge in [0.25, 0.3) is 0 Å². The van der Waals surface area contributed by atoms with Crippen LogP contribution in [0.2, 0.25) is 0 Å². The molecule has 3 N–H and O–H groups in total. The van der Waals surface area contributed by atoms with E-state index in [1.165, 1.54) is 12.1 Å². The molecule has 0 spiro atoms. The molecule has 180 valence electrons. The Morgan fingerprint density at radius 1 is 0.943 bits per heavy atom. The number of fused-ring (bicyclic) bond motifs is 3. The molecule has 1 aliphatic carbocycles. The summed E-state index contributed by atoms with van der Waals surface area (Å²) in [6, 6.07) is 19.8. The number of hydrogen-bond donors (Lipinski definition) is 3. The maximum Gasteiger partial charge on any atom is 0.407 e. The van der Waals surface area contributed by atoms with Crippen LogP contribution in [0.5, 0.6) is 0 Å². The number of anilines is 1. The van der Waals surface area contributed by atoms with Gasteiger partial charge in [-0.2, -0.15) is 0 Å². The molecule has 0 radical (unpaired) electrons. The standard InChI is InChI=1S/C28H28N2O5/c1-16(2)25(26(31)29-24-14-18(27(32)33)13-12-17(24)3)30-28(34)35-15-23-21-10-6-4-8-19(21)20-9-5-7-11-22(20)23/h4-14,16,23,25H,15H2,1-3H3,(H,29,31)(H,30,34)(H,32,33)/t25-/m1/s1. The molecule has 1 atom stereocenters. The van der Waals surface area contributed by atoms with E-state index in [4.69, 9.17) is 4.74 Å². The summed E-state index contributed by atoms with van der Waals surface area (Å²) >= 11 is 0. The zero-order chi connectivity index (χ0) is 25.1. The number of amides is 2. The number of aromatic carboxylic acids is 1. The third-order valence-corrected chi connectivity index (χ3v) is 6.31. The fourth-order valence-corrected chi connectivity index (χ4v) is 4.40. The van der Waals surface area contributed by atoms with Crippen molar-refractivity contribution in [2.45, 2.75) is 32.7 Å². The van der Waals surface area contributed by atoms with E-state index in [9.17, 15) is 19.5 Å². The van der Waals surface area contributed by atoms with Gasteiger partial charge in [-0.25, -0.2) is 9.59 Å². The fraction of sp³-hybridized carbons (Fsp3) is 0.250. The SMILES string of the molecule is Cc1ccc(C(=O)O)cc1NC(=O)[C@H](NC(=O)OCC1c2ccccc2-c2ccccc21)C(C)C. The summed E-state index contributed by atoms with van der Waals surface area (Å²) in [4.78, 5) is 37.0. The van der Waals surface area contributed by atoms with Gasteiger partial charge >= 0.3 is 12.1 Å². The van der Waals surface area contributed by atoms with Gasteiger partial charge in [0.1, 0.15) is 12.6 Å². The van der Waals surface area contributed by atoms with Crippen LogP contribution < -0.4 is 10.6 Å². The fourth-order valence-electron chi connectivity index (χ4n) is 4.40. The predicted molar refractivity (Wildman–Crippen MR) is 134 cm³/mol. The third-order valence-electron chi connectivity index (χ3n) is 6.31. The maximum absolute atomic E-state index is 13.0. The lowest BCUT2D eigenvalue weighted by Gasteiger charge is -2.23. The molecule has 0 heterocycles. The quantitative estimate of drug-likeness (QED) is 0.439. The first kappa shape index (κ1) is 24.0. The zero-order valence-corrected chi connectivity index (χ0v) is 19.9. The summed E-state index contributed by atoms with van der Waals surface area (Å²) in [5, 5.41) is 14.7. The van der Waals surface area contributed by atoms with Crippen molar-refractivity contribution < 1.29 is 24.2 Å². The molecule has 0 fully saturated rings. The number of nitrogens with one attached hydrogen (secondary N) is 2. The van der Waals surface area contributed by atoms with Crippen LogP contribution in [0.25, 0.3) is 11.1 Å². The van der Waals surface area contributed by atoms with Crippen LogP contribution in [0.15, 0.2) is 66.7 Å². The number of carboxylic acids is 1. The van der Waals surface area contributed by atoms with Crippen LogP contribution in [0.1, 0.15) is 46.8 Å². The second-order valence-electron chi connectivity index (χ2n) is 9.02. The first-order valence-electron chi connectivity index (χ1n) is 11.5. The maximum atomic E-state index is 13.0. The molecular weight excluding hydrogens is 444 g/mol. The Labute approximate surface area is 204 Å². The molecule has 0 aliphatic heterocycles.